The number of allylic oxidation sites excluding steroid dienone is 8. The van der Waals surface area contributed by atoms with Crippen LogP contribution in [0, 0.1) is 6.42 Å². The summed E-state index contributed by atoms with van der Waals surface area (Å²) in [5.41, 5.74) is 2.59. The van der Waals surface area contributed by atoms with Gasteiger partial charge in [-0.25, -0.2) is 24.6 Å². The summed E-state index contributed by atoms with van der Waals surface area (Å²) in [6.07, 6.45) is 14.7. The van der Waals surface area contributed by atoms with E-state index in [1.165, 1.54) is 11.1 Å². The van der Waals surface area contributed by atoms with Gasteiger partial charge in [-0.1, -0.05) is 24.3 Å². The molecule has 0 amide bonds. The third-order valence-electron chi connectivity index (χ3n) is 2.13. The van der Waals surface area contributed by atoms with Crippen LogP contribution >= 0.6 is 0 Å². The maximum atomic E-state index is 2.12. The maximum Gasteiger partial charge on any atom is 2.00 e. The topological polar surface area (TPSA) is 0 Å². The first-order valence-corrected chi connectivity index (χ1v) is 5.56. The van der Waals surface area contributed by atoms with E-state index in [4.69, 9.17) is 0 Å². The molecule has 0 bridgehead atoms. The van der Waals surface area contributed by atoms with E-state index in [0.29, 0.717) is 0 Å². The molecule has 0 aromatic heterocycles. The van der Waals surface area contributed by atoms with E-state index < -0.39 is 0 Å². The molecule has 1 aliphatic carbocycles. The molecule has 0 radical (unpaired) electrons. The summed E-state index contributed by atoms with van der Waals surface area (Å²) in [6.45, 7) is 4.07. The van der Waals surface area contributed by atoms with Gasteiger partial charge in [0, 0.05) is 0 Å². The van der Waals surface area contributed by atoms with E-state index in [9.17, 15) is 0 Å². The Balaban J connectivity index is 0.000000360. The molecule has 0 spiro atoms. The zero-order valence-corrected chi connectivity index (χ0v) is 11.4. The van der Waals surface area contributed by atoms with E-state index in [-0.39, 0.29) is 17.1 Å². The molecule has 0 heterocycles. The smallest absolute Gasteiger partial charge is 0.233 e. The summed E-state index contributed by atoms with van der Waals surface area (Å²) in [5.74, 6) is 0. The third-order valence-corrected chi connectivity index (χ3v) is 2.13. The predicted octanol–water partition coefficient (Wildman–Crippen LogP) is 4.61. The van der Waals surface area contributed by atoms with Crippen LogP contribution in [0.15, 0.2) is 77.9 Å². The molecule has 1 heteroatoms. The second-order valence-corrected chi connectivity index (χ2v) is 3.40. The average molecular weight is 266 g/mol. The van der Waals surface area contributed by atoms with E-state index in [0.717, 1.165) is 0 Å². The molecule has 1 aromatic rings. The van der Waals surface area contributed by atoms with Gasteiger partial charge in [0.15, 0.2) is 0 Å². The van der Waals surface area contributed by atoms with Crippen molar-refractivity contribution in [2.75, 3.05) is 0 Å². The normalized spacial score (nSPS) is 15.2. The summed E-state index contributed by atoms with van der Waals surface area (Å²) in [5, 5.41) is 0. The van der Waals surface area contributed by atoms with Crippen molar-refractivity contribution in [2.45, 2.75) is 13.8 Å². The Kier molecular flexibility index (Phi) is 9.14. The molecule has 0 atom stereocenters. The number of rotatable bonds is 2. The Morgan fingerprint density at radius 2 is 1.94 bits per heavy atom. The summed E-state index contributed by atoms with van der Waals surface area (Å²) >= 11 is 0. The molecule has 1 aliphatic rings. The average Bonchev–Trinajstić information content (AvgIpc) is 2.93. The minimum Gasteiger partial charge on any atom is -0.233 e. The molecule has 0 nitrogen and oxygen atoms in total. The van der Waals surface area contributed by atoms with Gasteiger partial charge >= 0.3 is 17.1 Å². The standard InChI is InChI=1S/C11H13.C5H5.Fe/c1-3-6-10-8-5-9-11(10)7-4-2;1-2-4-5-3-1;/h3-9H,1-2H3;1-5H;/q2*-1;+2. The molecule has 0 saturated carbocycles. The molecule has 17 heavy (non-hydrogen) atoms. The van der Waals surface area contributed by atoms with Crippen molar-refractivity contribution in [3.8, 4) is 0 Å². The van der Waals surface area contributed by atoms with Crippen LogP contribution in [-0.4, -0.2) is 0 Å². The van der Waals surface area contributed by atoms with Gasteiger partial charge in [0.25, 0.3) is 0 Å². The minimum absolute atomic E-state index is 0. The SMILES string of the molecule is CC=CC1=CC=CC1=C[CH-]C.[Fe+2].c1cc[cH-]c1. The monoisotopic (exact) mass is 266 g/mol. The second-order valence-electron chi connectivity index (χ2n) is 3.40. The fraction of sp³-hybridized carbons (Fsp3) is 0.125. The molecule has 0 aliphatic heterocycles. The molecular weight excluding hydrogens is 248 g/mol. The first kappa shape index (κ1) is 15.7. The summed E-state index contributed by atoms with van der Waals surface area (Å²) in [6, 6.07) is 10.0. The van der Waals surface area contributed by atoms with E-state index in [1.807, 2.05) is 44.2 Å². The fourth-order valence-corrected chi connectivity index (χ4v) is 1.43. The van der Waals surface area contributed by atoms with E-state index >= 15 is 0 Å². The molecule has 0 unspecified atom stereocenters. The number of hydrogen-bond donors (Lipinski definition) is 0. The van der Waals surface area contributed by atoms with Crippen LogP contribution in [0.4, 0.5) is 0 Å². The van der Waals surface area contributed by atoms with Gasteiger partial charge in [0.1, 0.15) is 0 Å². The van der Waals surface area contributed by atoms with Gasteiger partial charge in [-0.05, 0) is 6.92 Å². The van der Waals surface area contributed by atoms with Crippen molar-refractivity contribution in [2.24, 2.45) is 0 Å². The first-order chi connectivity index (χ1) is 7.88. The Hall–Kier alpha value is -1.30. The summed E-state index contributed by atoms with van der Waals surface area (Å²) in [7, 11) is 0. The Morgan fingerprint density at radius 1 is 1.24 bits per heavy atom. The van der Waals surface area contributed by atoms with Gasteiger partial charge in [-0.3, -0.25) is 0 Å². The van der Waals surface area contributed by atoms with Gasteiger partial charge in [0.05, 0.1) is 0 Å². The van der Waals surface area contributed by atoms with Crippen LogP contribution < -0.4 is 0 Å². The van der Waals surface area contributed by atoms with Crippen molar-refractivity contribution in [3.63, 3.8) is 0 Å². The number of hydrogen-bond acceptors (Lipinski definition) is 0. The molecule has 90 valence electrons. The van der Waals surface area contributed by atoms with Crippen LogP contribution in [0.25, 0.3) is 0 Å². The van der Waals surface area contributed by atoms with Gasteiger partial charge < -0.3 is 0 Å². The molecule has 1 aromatic carbocycles. The van der Waals surface area contributed by atoms with Gasteiger partial charge in [-0.2, -0.15) is 23.8 Å². The predicted molar refractivity (Wildman–Crippen MR) is 72.1 cm³/mol. The van der Waals surface area contributed by atoms with Crippen LogP contribution in [0.1, 0.15) is 13.8 Å². The molecule has 2 rings (SSSR count). The van der Waals surface area contributed by atoms with E-state index in [2.05, 4.69) is 42.9 Å². The van der Waals surface area contributed by atoms with Crippen LogP contribution in [0.2, 0.25) is 0 Å². The van der Waals surface area contributed by atoms with Crippen LogP contribution in [0.5, 0.6) is 0 Å². The van der Waals surface area contributed by atoms with Crippen LogP contribution in [0.3, 0.4) is 0 Å². The molecule has 0 fully saturated rings. The zero-order valence-electron chi connectivity index (χ0n) is 10.3. The zero-order chi connectivity index (χ0) is 11.6. The Labute approximate surface area is 115 Å². The molecular formula is C16H18Fe. The fourth-order valence-electron chi connectivity index (χ4n) is 1.43. The van der Waals surface area contributed by atoms with Crippen molar-refractivity contribution in [3.05, 3.63) is 84.4 Å². The van der Waals surface area contributed by atoms with E-state index in [1.54, 1.807) is 0 Å². The van der Waals surface area contributed by atoms with Crippen molar-refractivity contribution in [1.82, 2.24) is 0 Å². The van der Waals surface area contributed by atoms with Crippen molar-refractivity contribution >= 4 is 0 Å². The Morgan fingerprint density at radius 3 is 2.41 bits per heavy atom. The van der Waals surface area contributed by atoms with Crippen molar-refractivity contribution in [1.29, 1.82) is 0 Å². The molecule has 0 N–H and O–H groups in total. The maximum absolute atomic E-state index is 2.12. The third kappa shape index (κ3) is 6.11. The van der Waals surface area contributed by atoms with Crippen molar-refractivity contribution < 1.29 is 17.1 Å². The Bertz CT molecular complexity index is 372. The van der Waals surface area contributed by atoms with Crippen LogP contribution in [-0.2, 0) is 17.1 Å². The molecule has 0 saturated heterocycles. The summed E-state index contributed by atoms with van der Waals surface area (Å²) < 4.78 is 0. The first-order valence-electron chi connectivity index (χ1n) is 5.56. The summed E-state index contributed by atoms with van der Waals surface area (Å²) in [4.78, 5) is 0. The van der Waals surface area contributed by atoms with Gasteiger partial charge in [-0.15, -0.1) is 18.6 Å². The largest absolute Gasteiger partial charge is 2.00 e. The minimum atomic E-state index is 0. The van der Waals surface area contributed by atoms with Gasteiger partial charge in [0.2, 0.25) is 0 Å². The quantitative estimate of drug-likeness (QED) is 0.541. The second kappa shape index (κ2) is 9.89.